The third-order valence-corrected chi connectivity index (χ3v) is 3.17. The minimum atomic E-state index is -0.541. The first-order valence-corrected chi connectivity index (χ1v) is 6.71. The predicted molar refractivity (Wildman–Crippen MR) is 84.9 cm³/mol. The Morgan fingerprint density at radius 2 is 1.70 bits per heavy atom. The maximum Gasteiger partial charge on any atom is 0.323 e. The van der Waals surface area contributed by atoms with Crippen LogP contribution in [0.25, 0.3) is 0 Å². The average molecular weight is 383 g/mol. The van der Waals surface area contributed by atoms with Crippen LogP contribution in [0.5, 0.6) is 0 Å². The number of hydrogen-bond donors (Lipinski definition) is 2. The van der Waals surface area contributed by atoms with Crippen LogP contribution in [0.2, 0.25) is 0 Å². The lowest BCUT2D eigenvalue weighted by Crippen LogP contribution is -2.20. The fourth-order valence-corrected chi connectivity index (χ4v) is 1.92. The molecule has 0 aromatic heterocycles. The normalized spacial score (nSPS) is 9.85. The summed E-state index contributed by atoms with van der Waals surface area (Å²) in [6.07, 6.45) is 0. The summed E-state index contributed by atoms with van der Waals surface area (Å²) in [7, 11) is 0. The van der Waals surface area contributed by atoms with Crippen LogP contribution >= 0.6 is 22.6 Å². The molecule has 0 spiro atoms. The number of nitrogens with zero attached hydrogens (tertiary/aromatic N) is 1. The van der Waals surface area contributed by atoms with Gasteiger partial charge in [-0.2, -0.15) is 0 Å². The summed E-state index contributed by atoms with van der Waals surface area (Å²) in [6.45, 7) is 0. The smallest absolute Gasteiger partial charge is 0.308 e. The predicted octanol–water partition coefficient (Wildman–Crippen LogP) is 3.84. The third kappa shape index (κ3) is 3.67. The minimum absolute atomic E-state index is 0.148. The molecule has 2 rings (SSSR count). The number of hydrogen-bond acceptors (Lipinski definition) is 3. The highest BCUT2D eigenvalue weighted by molar-refractivity contribution is 14.1. The highest BCUT2D eigenvalue weighted by Gasteiger charge is 2.14. The molecule has 2 aromatic carbocycles. The van der Waals surface area contributed by atoms with Crippen LogP contribution in [0.4, 0.5) is 21.9 Å². The zero-order valence-electron chi connectivity index (χ0n) is 10.2. The molecule has 20 heavy (non-hydrogen) atoms. The van der Waals surface area contributed by atoms with E-state index in [1.54, 1.807) is 24.3 Å². The van der Waals surface area contributed by atoms with E-state index in [0.29, 0.717) is 5.69 Å². The van der Waals surface area contributed by atoms with E-state index in [1.807, 2.05) is 12.1 Å². The second kappa shape index (κ2) is 6.33. The van der Waals surface area contributed by atoms with Crippen LogP contribution in [0.15, 0.2) is 48.5 Å². The first-order chi connectivity index (χ1) is 9.56. The lowest BCUT2D eigenvalue weighted by molar-refractivity contribution is -0.383. The van der Waals surface area contributed by atoms with Crippen molar-refractivity contribution in [3.63, 3.8) is 0 Å². The van der Waals surface area contributed by atoms with Crippen molar-refractivity contribution in [1.82, 2.24) is 0 Å². The second-order valence-corrected chi connectivity index (χ2v) is 5.11. The van der Waals surface area contributed by atoms with E-state index in [0.717, 1.165) is 3.57 Å². The highest BCUT2D eigenvalue weighted by atomic mass is 127. The van der Waals surface area contributed by atoms with Crippen molar-refractivity contribution >= 4 is 45.7 Å². The van der Waals surface area contributed by atoms with Gasteiger partial charge in [0.25, 0.3) is 5.69 Å². The Morgan fingerprint density at radius 1 is 1.05 bits per heavy atom. The molecule has 2 aromatic rings. The maximum atomic E-state index is 11.8. The first kappa shape index (κ1) is 14.3. The number of nitro benzene ring substituents is 1. The molecule has 0 saturated heterocycles. The third-order valence-electron chi connectivity index (χ3n) is 2.45. The van der Waals surface area contributed by atoms with Gasteiger partial charge in [-0.1, -0.05) is 12.1 Å². The molecule has 0 radical (unpaired) electrons. The van der Waals surface area contributed by atoms with E-state index in [1.165, 1.54) is 12.1 Å². The Morgan fingerprint density at radius 3 is 2.35 bits per heavy atom. The Balaban J connectivity index is 2.08. The molecule has 0 atom stereocenters. The van der Waals surface area contributed by atoms with Crippen LogP contribution in [0.1, 0.15) is 0 Å². The van der Waals surface area contributed by atoms with Gasteiger partial charge in [0.15, 0.2) is 0 Å². The molecule has 0 heterocycles. The Kier molecular flexibility index (Phi) is 4.51. The topological polar surface area (TPSA) is 84.3 Å². The number of carbonyl (C=O) groups excluding carboxylic acids is 1. The first-order valence-electron chi connectivity index (χ1n) is 5.63. The summed E-state index contributed by atoms with van der Waals surface area (Å²) in [6, 6.07) is 12.6. The van der Waals surface area contributed by atoms with Crippen LogP contribution in [0, 0.1) is 13.7 Å². The van der Waals surface area contributed by atoms with Crippen LogP contribution in [-0.2, 0) is 0 Å². The van der Waals surface area contributed by atoms with Gasteiger partial charge >= 0.3 is 6.03 Å². The molecule has 0 bridgehead atoms. The van der Waals surface area contributed by atoms with Gasteiger partial charge in [0.2, 0.25) is 0 Å². The SMILES string of the molecule is O=C(Nc1ccc(I)cc1)Nc1ccccc1[N+](=O)[O-]. The summed E-state index contributed by atoms with van der Waals surface area (Å²) in [5.41, 5.74) is 0.618. The molecular weight excluding hydrogens is 373 g/mol. The van der Waals surface area contributed by atoms with E-state index in [2.05, 4.69) is 33.2 Å². The fraction of sp³-hybridized carbons (Fsp3) is 0. The van der Waals surface area contributed by atoms with Crippen LogP contribution in [-0.4, -0.2) is 11.0 Å². The average Bonchev–Trinajstić information content (AvgIpc) is 2.41. The van der Waals surface area contributed by atoms with Crippen molar-refractivity contribution in [3.8, 4) is 0 Å². The number of rotatable bonds is 3. The van der Waals surface area contributed by atoms with Gasteiger partial charge < -0.3 is 10.6 Å². The molecule has 0 aliphatic heterocycles. The van der Waals surface area contributed by atoms with Crippen molar-refractivity contribution in [2.24, 2.45) is 0 Å². The number of halogens is 1. The zero-order valence-corrected chi connectivity index (χ0v) is 12.3. The summed E-state index contributed by atoms with van der Waals surface area (Å²) in [5, 5.41) is 15.9. The van der Waals surface area contributed by atoms with Crippen molar-refractivity contribution in [1.29, 1.82) is 0 Å². The van der Waals surface area contributed by atoms with Gasteiger partial charge in [0.05, 0.1) is 4.92 Å². The molecule has 2 N–H and O–H groups in total. The highest BCUT2D eigenvalue weighted by Crippen LogP contribution is 2.23. The Labute approximate surface area is 128 Å². The molecule has 0 unspecified atom stereocenters. The molecule has 6 nitrogen and oxygen atoms in total. The number of carbonyl (C=O) groups is 1. The van der Waals surface area contributed by atoms with Crippen LogP contribution < -0.4 is 10.6 Å². The summed E-state index contributed by atoms with van der Waals surface area (Å²) < 4.78 is 1.05. The van der Waals surface area contributed by atoms with E-state index < -0.39 is 11.0 Å². The maximum absolute atomic E-state index is 11.8. The van der Waals surface area contributed by atoms with Crippen molar-refractivity contribution in [3.05, 3.63) is 62.2 Å². The minimum Gasteiger partial charge on any atom is -0.308 e. The summed E-state index contributed by atoms with van der Waals surface area (Å²) in [5.74, 6) is 0. The standard InChI is InChI=1S/C13H10IN3O3/c14-9-5-7-10(8-6-9)15-13(18)16-11-3-1-2-4-12(11)17(19)20/h1-8H,(H2,15,16,18). The van der Waals surface area contributed by atoms with Gasteiger partial charge in [-0.15, -0.1) is 0 Å². The van der Waals surface area contributed by atoms with Crippen LogP contribution in [0.3, 0.4) is 0 Å². The quantitative estimate of drug-likeness (QED) is 0.480. The monoisotopic (exact) mass is 383 g/mol. The largest absolute Gasteiger partial charge is 0.323 e. The van der Waals surface area contributed by atoms with E-state index in [9.17, 15) is 14.9 Å². The van der Waals surface area contributed by atoms with Gasteiger partial charge in [0.1, 0.15) is 5.69 Å². The van der Waals surface area contributed by atoms with Gasteiger partial charge in [-0.05, 0) is 52.9 Å². The zero-order chi connectivity index (χ0) is 14.5. The molecule has 0 saturated carbocycles. The molecule has 0 fully saturated rings. The number of amides is 2. The number of nitro groups is 1. The van der Waals surface area contributed by atoms with Gasteiger partial charge in [-0.3, -0.25) is 10.1 Å². The Hall–Kier alpha value is -2.16. The van der Waals surface area contributed by atoms with Crippen molar-refractivity contribution in [2.75, 3.05) is 10.6 Å². The van der Waals surface area contributed by atoms with E-state index >= 15 is 0 Å². The number of anilines is 2. The summed E-state index contributed by atoms with van der Waals surface area (Å²) in [4.78, 5) is 22.1. The Bertz CT molecular complexity index is 644. The molecule has 0 aliphatic rings. The lowest BCUT2D eigenvalue weighted by atomic mass is 10.2. The number of para-hydroxylation sites is 2. The van der Waals surface area contributed by atoms with Crippen molar-refractivity contribution in [2.45, 2.75) is 0 Å². The molecule has 7 heteroatoms. The fourth-order valence-electron chi connectivity index (χ4n) is 1.56. The lowest BCUT2D eigenvalue weighted by Gasteiger charge is -2.08. The molecule has 102 valence electrons. The number of nitrogens with one attached hydrogen (secondary N) is 2. The van der Waals surface area contributed by atoms with Crippen molar-refractivity contribution < 1.29 is 9.72 Å². The molecule has 0 aliphatic carbocycles. The molecular formula is C13H10IN3O3. The van der Waals surface area contributed by atoms with Gasteiger partial charge in [-0.25, -0.2) is 4.79 Å². The number of benzene rings is 2. The second-order valence-electron chi connectivity index (χ2n) is 3.86. The van der Waals surface area contributed by atoms with Gasteiger partial charge in [0, 0.05) is 15.3 Å². The summed E-state index contributed by atoms with van der Waals surface area (Å²) >= 11 is 2.16. The van der Waals surface area contributed by atoms with E-state index in [4.69, 9.17) is 0 Å². The number of urea groups is 1. The van der Waals surface area contributed by atoms with E-state index in [-0.39, 0.29) is 11.4 Å². The molecule has 2 amide bonds.